The van der Waals surface area contributed by atoms with Crippen molar-refractivity contribution in [2.45, 2.75) is 46.4 Å². The van der Waals surface area contributed by atoms with Crippen LogP contribution in [0.25, 0.3) is 0 Å². The molecule has 2 aromatic carbocycles. The zero-order chi connectivity index (χ0) is 22.6. The van der Waals surface area contributed by atoms with Crippen LogP contribution in [0.1, 0.15) is 55.3 Å². The fourth-order valence-electron chi connectivity index (χ4n) is 2.96. The van der Waals surface area contributed by atoms with E-state index in [1.807, 2.05) is 70.2 Å². The second-order valence-corrected chi connectivity index (χ2v) is 7.39. The maximum Gasteiger partial charge on any atom is 0.251 e. The summed E-state index contributed by atoms with van der Waals surface area (Å²) in [4.78, 5) is 16.6. The van der Waals surface area contributed by atoms with Crippen molar-refractivity contribution in [3.05, 3.63) is 65.2 Å². The number of amides is 1. The summed E-state index contributed by atoms with van der Waals surface area (Å²) < 4.78 is 5.70. The standard InChI is InChI=1S/C24H34N4O3.HI/c1-5-25-23(30)20-11-7-9-18(13-20)15-27-24(26-6-2)28-16-22(29)19-10-8-12-21(14-19)31-17(3)4;/h7-14,17,22,29H,5-6,15-16H2,1-4H3,(H,25,30)(H2,26,27,28);1H. The summed E-state index contributed by atoms with van der Waals surface area (Å²) in [6.45, 7) is 9.80. The predicted octanol–water partition coefficient (Wildman–Crippen LogP) is 3.63. The first-order valence-corrected chi connectivity index (χ1v) is 10.8. The largest absolute Gasteiger partial charge is 0.491 e. The number of guanidine groups is 1. The number of carbonyl (C=O) groups excluding carboxylic acids is 1. The molecule has 0 bridgehead atoms. The van der Waals surface area contributed by atoms with Crippen molar-refractivity contribution in [3.8, 4) is 5.75 Å². The van der Waals surface area contributed by atoms with Gasteiger partial charge in [0.15, 0.2) is 5.96 Å². The Kier molecular flexibility index (Phi) is 12.7. The number of nitrogens with zero attached hydrogens (tertiary/aromatic N) is 1. The van der Waals surface area contributed by atoms with Crippen LogP contribution in [0.5, 0.6) is 5.75 Å². The third-order valence-electron chi connectivity index (χ3n) is 4.37. The van der Waals surface area contributed by atoms with Crippen molar-refractivity contribution < 1.29 is 14.6 Å². The fourth-order valence-corrected chi connectivity index (χ4v) is 2.96. The van der Waals surface area contributed by atoms with E-state index in [9.17, 15) is 9.90 Å². The van der Waals surface area contributed by atoms with Gasteiger partial charge in [-0.3, -0.25) is 4.79 Å². The number of ether oxygens (including phenoxy) is 1. The highest BCUT2D eigenvalue weighted by atomic mass is 127. The molecular formula is C24H35IN4O3. The lowest BCUT2D eigenvalue weighted by atomic mass is 10.1. The van der Waals surface area contributed by atoms with E-state index in [0.717, 1.165) is 16.9 Å². The van der Waals surface area contributed by atoms with Crippen LogP contribution in [0.3, 0.4) is 0 Å². The second kappa shape index (κ2) is 14.7. The first-order chi connectivity index (χ1) is 14.9. The van der Waals surface area contributed by atoms with Gasteiger partial charge in [-0.05, 0) is 63.1 Å². The Morgan fingerprint density at radius 2 is 1.75 bits per heavy atom. The Bertz CT molecular complexity index is 874. The van der Waals surface area contributed by atoms with Gasteiger partial charge in [0, 0.05) is 25.2 Å². The topological polar surface area (TPSA) is 95.0 Å². The van der Waals surface area contributed by atoms with Gasteiger partial charge in [0.1, 0.15) is 5.75 Å². The van der Waals surface area contributed by atoms with Gasteiger partial charge in [-0.25, -0.2) is 4.99 Å². The van der Waals surface area contributed by atoms with Gasteiger partial charge in [-0.15, -0.1) is 24.0 Å². The lowest BCUT2D eigenvalue weighted by molar-refractivity contribution is 0.0955. The third-order valence-corrected chi connectivity index (χ3v) is 4.37. The minimum absolute atomic E-state index is 0. The molecule has 0 aliphatic heterocycles. The first kappa shape index (κ1) is 27.7. The molecule has 0 saturated heterocycles. The number of aliphatic imine (C=N–C) groups is 1. The summed E-state index contributed by atoms with van der Waals surface area (Å²) in [5, 5.41) is 19.7. The van der Waals surface area contributed by atoms with Crippen molar-refractivity contribution in [1.82, 2.24) is 16.0 Å². The average Bonchev–Trinajstić information content (AvgIpc) is 2.75. The van der Waals surface area contributed by atoms with E-state index < -0.39 is 6.10 Å². The van der Waals surface area contributed by atoms with Crippen LogP contribution >= 0.6 is 24.0 Å². The molecule has 32 heavy (non-hydrogen) atoms. The van der Waals surface area contributed by atoms with Gasteiger partial charge in [-0.1, -0.05) is 24.3 Å². The molecule has 8 heteroatoms. The number of halogens is 1. The highest BCUT2D eigenvalue weighted by molar-refractivity contribution is 14.0. The summed E-state index contributed by atoms with van der Waals surface area (Å²) in [5.41, 5.74) is 2.32. The van der Waals surface area contributed by atoms with Gasteiger partial charge >= 0.3 is 0 Å². The van der Waals surface area contributed by atoms with Crippen LogP contribution in [0.4, 0.5) is 0 Å². The van der Waals surface area contributed by atoms with Gasteiger partial charge in [-0.2, -0.15) is 0 Å². The monoisotopic (exact) mass is 554 g/mol. The Hall–Kier alpha value is -2.33. The molecule has 1 atom stereocenters. The number of aliphatic hydroxyl groups excluding tert-OH is 1. The highest BCUT2D eigenvalue weighted by Crippen LogP contribution is 2.20. The number of aliphatic hydroxyl groups is 1. The summed E-state index contributed by atoms with van der Waals surface area (Å²) in [6, 6.07) is 14.9. The van der Waals surface area contributed by atoms with Gasteiger partial charge in [0.2, 0.25) is 0 Å². The van der Waals surface area contributed by atoms with Crippen LogP contribution in [-0.4, -0.2) is 42.7 Å². The minimum atomic E-state index is -0.708. The van der Waals surface area contributed by atoms with E-state index in [2.05, 4.69) is 20.9 Å². The van der Waals surface area contributed by atoms with Crippen LogP contribution in [0.2, 0.25) is 0 Å². The van der Waals surface area contributed by atoms with E-state index in [0.29, 0.717) is 37.7 Å². The molecule has 0 aliphatic rings. The second-order valence-electron chi connectivity index (χ2n) is 7.39. The van der Waals surface area contributed by atoms with Crippen molar-refractivity contribution in [2.24, 2.45) is 4.99 Å². The Morgan fingerprint density at radius 1 is 1.03 bits per heavy atom. The van der Waals surface area contributed by atoms with Gasteiger partial charge in [0.25, 0.3) is 5.91 Å². The molecule has 0 saturated carbocycles. The molecule has 0 fully saturated rings. The smallest absolute Gasteiger partial charge is 0.251 e. The van der Waals surface area contributed by atoms with Crippen LogP contribution in [-0.2, 0) is 6.54 Å². The molecule has 1 amide bonds. The highest BCUT2D eigenvalue weighted by Gasteiger charge is 2.10. The Balaban J connectivity index is 0.00000512. The average molecular weight is 554 g/mol. The van der Waals surface area contributed by atoms with Crippen molar-refractivity contribution in [2.75, 3.05) is 19.6 Å². The molecule has 2 aromatic rings. The van der Waals surface area contributed by atoms with Gasteiger partial charge < -0.3 is 25.8 Å². The molecule has 0 spiro atoms. The number of nitrogens with one attached hydrogen (secondary N) is 3. The number of hydrogen-bond acceptors (Lipinski definition) is 4. The minimum Gasteiger partial charge on any atom is -0.491 e. The molecule has 0 radical (unpaired) electrons. The zero-order valence-electron chi connectivity index (χ0n) is 19.2. The summed E-state index contributed by atoms with van der Waals surface area (Å²) in [7, 11) is 0. The van der Waals surface area contributed by atoms with Gasteiger partial charge in [0.05, 0.1) is 18.8 Å². The zero-order valence-corrected chi connectivity index (χ0v) is 21.6. The number of hydrogen-bond donors (Lipinski definition) is 4. The van der Waals surface area contributed by atoms with Crippen LogP contribution in [0, 0.1) is 0 Å². The van der Waals surface area contributed by atoms with Crippen molar-refractivity contribution in [1.29, 1.82) is 0 Å². The molecule has 0 heterocycles. The molecule has 1 unspecified atom stereocenters. The van der Waals surface area contributed by atoms with Crippen LogP contribution < -0.4 is 20.7 Å². The SMILES string of the molecule is CCNC(=O)c1cccc(CN=C(NCC)NCC(O)c2cccc(OC(C)C)c2)c1.I. The van der Waals surface area contributed by atoms with Crippen molar-refractivity contribution >= 4 is 35.8 Å². The van der Waals surface area contributed by atoms with Crippen LogP contribution in [0.15, 0.2) is 53.5 Å². The predicted molar refractivity (Wildman–Crippen MR) is 140 cm³/mol. The molecular weight excluding hydrogens is 519 g/mol. The number of carbonyl (C=O) groups is 1. The summed E-state index contributed by atoms with van der Waals surface area (Å²) in [5.74, 6) is 1.24. The lowest BCUT2D eigenvalue weighted by Crippen LogP contribution is -2.39. The number of rotatable bonds is 10. The van der Waals surface area contributed by atoms with E-state index >= 15 is 0 Å². The normalized spacial score (nSPS) is 12.0. The summed E-state index contributed by atoms with van der Waals surface area (Å²) >= 11 is 0. The third kappa shape index (κ3) is 9.44. The fraction of sp³-hybridized carbons (Fsp3) is 0.417. The molecule has 0 aromatic heterocycles. The maximum atomic E-state index is 12.0. The lowest BCUT2D eigenvalue weighted by Gasteiger charge is -2.17. The Labute approximate surface area is 208 Å². The Morgan fingerprint density at radius 3 is 2.44 bits per heavy atom. The van der Waals surface area contributed by atoms with E-state index in [-0.39, 0.29) is 36.0 Å². The summed E-state index contributed by atoms with van der Waals surface area (Å²) in [6.07, 6.45) is -0.634. The molecule has 4 N–H and O–H groups in total. The number of benzene rings is 2. The maximum absolute atomic E-state index is 12.0. The molecule has 7 nitrogen and oxygen atoms in total. The van der Waals surface area contributed by atoms with E-state index in [1.165, 1.54) is 0 Å². The van der Waals surface area contributed by atoms with E-state index in [4.69, 9.17) is 4.74 Å². The molecule has 176 valence electrons. The quantitative estimate of drug-likeness (QED) is 0.205. The van der Waals surface area contributed by atoms with E-state index in [1.54, 1.807) is 6.07 Å². The first-order valence-electron chi connectivity index (χ1n) is 10.8. The molecule has 0 aliphatic carbocycles. The molecule has 2 rings (SSSR count). The van der Waals surface area contributed by atoms with Crippen molar-refractivity contribution in [3.63, 3.8) is 0 Å².